The molecule has 2 aromatic rings. The van der Waals surface area contributed by atoms with Crippen LogP contribution in [0.1, 0.15) is 5.56 Å². The third-order valence-corrected chi connectivity index (χ3v) is 2.77. The van der Waals surface area contributed by atoms with Crippen molar-refractivity contribution in [2.75, 3.05) is 0 Å². The minimum Gasteiger partial charge on any atom is -0.194 e. The van der Waals surface area contributed by atoms with Crippen LogP contribution in [0.15, 0.2) is 36.4 Å². The number of hydrogen-bond acceptors (Lipinski definition) is 0. The van der Waals surface area contributed by atoms with Gasteiger partial charge in [0.1, 0.15) is 0 Å². The SMILES string of the molecule is FC(F)(F)C(F)(F)C(F)(F)c1c[c]c2ccccc2c1. The molecule has 0 aliphatic carbocycles. The molecular formula is C13H6F7. The summed E-state index contributed by atoms with van der Waals surface area (Å²) in [5.41, 5.74) is -1.43. The first-order valence-electron chi connectivity index (χ1n) is 5.30. The zero-order chi connectivity index (χ0) is 15.2. The molecule has 0 amide bonds. The van der Waals surface area contributed by atoms with Gasteiger partial charge in [0.2, 0.25) is 0 Å². The number of alkyl halides is 7. The molecule has 0 saturated carbocycles. The van der Waals surface area contributed by atoms with E-state index in [0.29, 0.717) is 17.5 Å². The molecule has 0 fully saturated rings. The summed E-state index contributed by atoms with van der Waals surface area (Å²) in [5.74, 6) is -11.5. The molecule has 0 nitrogen and oxygen atoms in total. The van der Waals surface area contributed by atoms with Gasteiger partial charge in [0.05, 0.1) is 0 Å². The molecular weight excluding hydrogens is 289 g/mol. The first-order chi connectivity index (χ1) is 9.07. The fourth-order valence-corrected chi connectivity index (χ4v) is 1.66. The lowest BCUT2D eigenvalue weighted by Gasteiger charge is -2.28. The monoisotopic (exact) mass is 295 g/mol. The minimum atomic E-state index is -6.35. The lowest BCUT2D eigenvalue weighted by atomic mass is 9.98. The molecule has 107 valence electrons. The smallest absolute Gasteiger partial charge is 0.194 e. The van der Waals surface area contributed by atoms with Gasteiger partial charge in [-0.2, -0.15) is 30.7 Å². The second kappa shape index (κ2) is 4.36. The van der Waals surface area contributed by atoms with Crippen molar-refractivity contribution >= 4 is 10.8 Å². The summed E-state index contributed by atoms with van der Waals surface area (Å²) in [6.07, 6.45) is -6.35. The number of rotatable bonds is 2. The predicted octanol–water partition coefficient (Wildman–Crippen LogP) is 4.93. The lowest BCUT2D eigenvalue weighted by Crippen LogP contribution is -2.50. The summed E-state index contributed by atoms with van der Waals surface area (Å²) in [7, 11) is 0. The average molecular weight is 295 g/mol. The maximum atomic E-state index is 13.5. The van der Waals surface area contributed by atoms with E-state index in [-0.39, 0.29) is 5.39 Å². The molecule has 0 bridgehead atoms. The topological polar surface area (TPSA) is 0 Å². The summed E-state index contributed by atoms with van der Waals surface area (Å²) >= 11 is 0. The van der Waals surface area contributed by atoms with E-state index >= 15 is 0 Å². The Labute approximate surface area is 108 Å². The summed E-state index contributed by atoms with van der Waals surface area (Å²) in [4.78, 5) is 0. The molecule has 0 spiro atoms. The highest BCUT2D eigenvalue weighted by Gasteiger charge is 2.73. The van der Waals surface area contributed by atoms with Crippen molar-refractivity contribution in [2.45, 2.75) is 18.0 Å². The Morgan fingerprint density at radius 3 is 2.05 bits per heavy atom. The van der Waals surface area contributed by atoms with E-state index in [9.17, 15) is 30.7 Å². The molecule has 20 heavy (non-hydrogen) atoms. The highest BCUT2D eigenvalue weighted by atomic mass is 19.4. The maximum absolute atomic E-state index is 13.5. The Balaban J connectivity index is 2.57. The Kier molecular flexibility index (Phi) is 3.19. The lowest BCUT2D eigenvalue weighted by molar-refractivity contribution is -0.359. The van der Waals surface area contributed by atoms with Gasteiger partial charge in [0.25, 0.3) is 0 Å². The third kappa shape index (κ3) is 2.10. The second-order valence-corrected chi connectivity index (χ2v) is 4.12. The largest absolute Gasteiger partial charge is 0.460 e. The average Bonchev–Trinajstić information content (AvgIpc) is 2.36. The van der Waals surface area contributed by atoms with Crippen LogP contribution < -0.4 is 0 Å². The first kappa shape index (κ1) is 14.6. The fraction of sp³-hybridized carbons (Fsp3) is 0.231. The van der Waals surface area contributed by atoms with Gasteiger partial charge in [0, 0.05) is 5.56 Å². The van der Waals surface area contributed by atoms with Crippen molar-refractivity contribution in [1.29, 1.82) is 0 Å². The Hall–Kier alpha value is -1.79. The molecule has 0 N–H and O–H groups in total. The zero-order valence-corrected chi connectivity index (χ0v) is 9.61. The first-order valence-corrected chi connectivity index (χ1v) is 5.30. The summed E-state index contributed by atoms with van der Waals surface area (Å²) in [5, 5.41) is 0.435. The van der Waals surface area contributed by atoms with E-state index in [1.165, 1.54) is 18.2 Å². The predicted molar refractivity (Wildman–Crippen MR) is 57.7 cm³/mol. The van der Waals surface area contributed by atoms with E-state index in [2.05, 4.69) is 6.07 Å². The van der Waals surface area contributed by atoms with E-state index in [4.69, 9.17) is 0 Å². The van der Waals surface area contributed by atoms with Gasteiger partial charge in [-0.3, -0.25) is 0 Å². The van der Waals surface area contributed by atoms with Gasteiger partial charge in [-0.15, -0.1) is 0 Å². The van der Waals surface area contributed by atoms with Gasteiger partial charge >= 0.3 is 18.0 Å². The summed E-state index contributed by atoms with van der Waals surface area (Å²) < 4.78 is 89.0. The molecule has 0 saturated heterocycles. The Bertz CT molecular complexity index is 628. The molecule has 1 radical (unpaired) electrons. The normalized spacial score (nSPS) is 13.8. The fourth-order valence-electron chi connectivity index (χ4n) is 1.66. The van der Waals surface area contributed by atoms with Crippen LogP contribution in [-0.2, 0) is 5.92 Å². The molecule has 0 aliphatic rings. The zero-order valence-electron chi connectivity index (χ0n) is 9.61. The number of halogens is 7. The van der Waals surface area contributed by atoms with Crippen LogP contribution in [0.3, 0.4) is 0 Å². The molecule has 2 aromatic carbocycles. The van der Waals surface area contributed by atoms with Gasteiger partial charge in [-0.05, 0) is 29.0 Å². The van der Waals surface area contributed by atoms with Crippen molar-refractivity contribution in [1.82, 2.24) is 0 Å². The quantitative estimate of drug-likeness (QED) is 0.689. The molecule has 7 heteroatoms. The third-order valence-electron chi connectivity index (χ3n) is 2.77. The van der Waals surface area contributed by atoms with Crippen LogP contribution >= 0.6 is 0 Å². The van der Waals surface area contributed by atoms with Crippen LogP contribution in [-0.4, -0.2) is 12.1 Å². The molecule has 0 aliphatic heterocycles. The van der Waals surface area contributed by atoms with Crippen LogP contribution in [0.25, 0.3) is 10.8 Å². The van der Waals surface area contributed by atoms with Crippen LogP contribution in [0.5, 0.6) is 0 Å². The summed E-state index contributed by atoms with van der Waals surface area (Å²) in [6.45, 7) is 0. The number of hydrogen-bond donors (Lipinski definition) is 0. The summed E-state index contributed by atoms with van der Waals surface area (Å²) in [6, 6.07) is 9.11. The molecule has 0 heterocycles. The number of fused-ring (bicyclic) bond motifs is 1. The van der Waals surface area contributed by atoms with Crippen LogP contribution in [0, 0.1) is 6.07 Å². The minimum absolute atomic E-state index is 0.0997. The van der Waals surface area contributed by atoms with Gasteiger partial charge in [-0.25, -0.2) is 0 Å². The van der Waals surface area contributed by atoms with E-state index in [1.807, 2.05) is 0 Å². The van der Waals surface area contributed by atoms with E-state index in [0.717, 1.165) is 0 Å². The highest BCUT2D eigenvalue weighted by molar-refractivity contribution is 5.82. The van der Waals surface area contributed by atoms with E-state index < -0.39 is 23.6 Å². The van der Waals surface area contributed by atoms with Crippen molar-refractivity contribution in [3.63, 3.8) is 0 Å². The second-order valence-electron chi connectivity index (χ2n) is 4.12. The van der Waals surface area contributed by atoms with Crippen molar-refractivity contribution in [3.8, 4) is 0 Å². The molecule has 2 rings (SSSR count). The highest BCUT2D eigenvalue weighted by Crippen LogP contribution is 2.51. The van der Waals surface area contributed by atoms with Crippen LogP contribution in [0.4, 0.5) is 30.7 Å². The van der Waals surface area contributed by atoms with Crippen molar-refractivity contribution in [3.05, 3.63) is 48.0 Å². The van der Waals surface area contributed by atoms with Crippen LogP contribution in [0.2, 0.25) is 0 Å². The van der Waals surface area contributed by atoms with Gasteiger partial charge in [0.15, 0.2) is 0 Å². The molecule has 0 atom stereocenters. The van der Waals surface area contributed by atoms with E-state index in [1.54, 1.807) is 6.07 Å². The molecule has 0 aromatic heterocycles. The Morgan fingerprint density at radius 2 is 1.45 bits per heavy atom. The number of benzene rings is 2. The molecule has 0 unspecified atom stereocenters. The standard InChI is InChI=1S/C13H6F7/c14-11(15,12(16,17)13(18,19)20)10-6-5-8-3-1-2-4-9(8)7-10/h1-4,6-7H. The van der Waals surface area contributed by atoms with Crippen molar-refractivity contribution in [2.24, 2.45) is 0 Å². The van der Waals surface area contributed by atoms with Gasteiger partial charge in [-0.1, -0.05) is 24.3 Å². The maximum Gasteiger partial charge on any atom is 0.460 e. The van der Waals surface area contributed by atoms with Gasteiger partial charge < -0.3 is 0 Å². The Morgan fingerprint density at radius 1 is 0.850 bits per heavy atom. The van der Waals surface area contributed by atoms with Crippen molar-refractivity contribution < 1.29 is 30.7 Å².